The number of hydrogen-bond acceptors (Lipinski definition) is 2. The van der Waals surface area contributed by atoms with Gasteiger partial charge in [0.25, 0.3) is 0 Å². The summed E-state index contributed by atoms with van der Waals surface area (Å²) in [7, 11) is 0. The molecule has 0 radical (unpaired) electrons. The monoisotopic (exact) mass is 237 g/mol. The van der Waals surface area contributed by atoms with E-state index < -0.39 is 5.91 Å². The largest absolute Gasteiger partial charge is 0.507 e. The first-order valence-electron chi connectivity index (χ1n) is 5.61. The standard InChI is InChI=1S/C15H11NO2/c16-15(18)10-7-13-11-4-2-1-3-9(11)5-6-12(13)14(17)8-10/h1-8,17H,(H2,16,18). The highest BCUT2D eigenvalue weighted by atomic mass is 16.3. The Labute approximate surface area is 103 Å². The highest BCUT2D eigenvalue weighted by molar-refractivity contribution is 6.11. The molecular formula is C15H11NO2. The van der Waals surface area contributed by atoms with E-state index in [2.05, 4.69) is 0 Å². The van der Waals surface area contributed by atoms with Crippen molar-refractivity contribution in [2.45, 2.75) is 0 Å². The molecule has 0 heterocycles. The molecule has 0 aromatic heterocycles. The van der Waals surface area contributed by atoms with Gasteiger partial charge >= 0.3 is 0 Å². The molecule has 3 heteroatoms. The van der Waals surface area contributed by atoms with Crippen molar-refractivity contribution in [3.05, 3.63) is 54.1 Å². The highest BCUT2D eigenvalue weighted by Crippen LogP contribution is 2.32. The van der Waals surface area contributed by atoms with Gasteiger partial charge in [0.1, 0.15) is 5.75 Å². The molecule has 0 fully saturated rings. The maximum absolute atomic E-state index is 11.2. The van der Waals surface area contributed by atoms with Crippen molar-refractivity contribution in [2.24, 2.45) is 5.73 Å². The number of carbonyl (C=O) groups is 1. The molecule has 0 spiro atoms. The molecule has 0 bridgehead atoms. The van der Waals surface area contributed by atoms with Crippen LogP contribution < -0.4 is 5.73 Å². The second kappa shape index (κ2) is 3.74. The summed E-state index contributed by atoms with van der Waals surface area (Å²) >= 11 is 0. The van der Waals surface area contributed by atoms with E-state index in [4.69, 9.17) is 5.73 Å². The van der Waals surface area contributed by atoms with Gasteiger partial charge in [0.2, 0.25) is 5.91 Å². The predicted molar refractivity (Wildman–Crippen MR) is 71.6 cm³/mol. The van der Waals surface area contributed by atoms with Gasteiger partial charge in [-0.25, -0.2) is 0 Å². The molecule has 3 aromatic carbocycles. The molecule has 0 saturated carbocycles. The van der Waals surface area contributed by atoms with E-state index in [1.165, 1.54) is 6.07 Å². The first-order valence-corrected chi connectivity index (χ1v) is 5.61. The Morgan fingerprint density at radius 3 is 2.50 bits per heavy atom. The summed E-state index contributed by atoms with van der Waals surface area (Å²) in [6, 6.07) is 14.7. The third kappa shape index (κ3) is 1.49. The number of aromatic hydroxyl groups is 1. The van der Waals surface area contributed by atoms with Gasteiger partial charge in [-0.1, -0.05) is 36.4 Å². The Hall–Kier alpha value is -2.55. The Kier molecular flexibility index (Phi) is 2.20. The number of fused-ring (bicyclic) bond motifs is 3. The van der Waals surface area contributed by atoms with Crippen LogP contribution in [0.4, 0.5) is 0 Å². The predicted octanol–water partition coefficient (Wildman–Crippen LogP) is 2.80. The Morgan fingerprint density at radius 1 is 0.944 bits per heavy atom. The number of nitrogens with two attached hydrogens (primary N) is 1. The van der Waals surface area contributed by atoms with Crippen LogP contribution in [-0.2, 0) is 0 Å². The van der Waals surface area contributed by atoms with E-state index in [9.17, 15) is 9.90 Å². The van der Waals surface area contributed by atoms with Crippen molar-refractivity contribution >= 4 is 27.5 Å². The molecule has 3 nitrogen and oxygen atoms in total. The summed E-state index contributed by atoms with van der Waals surface area (Å²) < 4.78 is 0. The lowest BCUT2D eigenvalue weighted by atomic mass is 9.99. The van der Waals surface area contributed by atoms with Crippen molar-refractivity contribution in [3.8, 4) is 5.75 Å². The van der Waals surface area contributed by atoms with Crippen LogP contribution in [0.25, 0.3) is 21.5 Å². The van der Waals surface area contributed by atoms with E-state index in [0.29, 0.717) is 5.56 Å². The third-order valence-corrected chi connectivity index (χ3v) is 3.12. The Bertz CT molecular complexity index is 778. The molecule has 0 saturated heterocycles. The van der Waals surface area contributed by atoms with E-state index >= 15 is 0 Å². The zero-order valence-electron chi connectivity index (χ0n) is 9.55. The minimum Gasteiger partial charge on any atom is -0.507 e. The summed E-state index contributed by atoms with van der Waals surface area (Å²) in [5.41, 5.74) is 5.58. The lowest BCUT2D eigenvalue weighted by molar-refractivity contribution is 0.1000. The van der Waals surface area contributed by atoms with E-state index in [0.717, 1.165) is 21.5 Å². The van der Waals surface area contributed by atoms with E-state index in [1.54, 1.807) is 6.07 Å². The molecule has 1 amide bonds. The van der Waals surface area contributed by atoms with Gasteiger partial charge in [0, 0.05) is 10.9 Å². The van der Waals surface area contributed by atoms with E-state index in [1.807, 2.05) is 36.4 Å². The molecule has 88 valence electrons. The van der Waals surface area contributed by atoms with Gasteiger partial charge < -0.3 is 10.8 Å². The molecule has 3 aromatic rings. The summed E-state index contributed by atoms with van der Waals surface area (Å²) in [5.74, 6) is -0.466. The van der Waals surface area contributed by atoms with Crippen LogP contribution in [-0.4, -0.2) is 11.0 Å². The molecule has 0 aliphatic carbocycles. The van der Waals surface area contributed by atoms with Gasteiger partial charge in [-0.2, -0.15) is 0 Å². The summed E-state index contributed by atoms with van der Waals surface area (Å²) in [5, 5.41) is 13.6. The number of rotatable bonds is 1. The minimum atomic E-state index is -0.542. The SMILES string of the molecule is NC(=O)c1cc(O)c2ccc3ccccc3c2c1. The molecule has 3 N–H and O–H groups in total. The molecule has 3 rings (SSSR count). The van der Waals surface area contributed by atoms with Gasteiger partial charge in [-0.3, -0.25) is 4.79 Å². The number of benzene rings is 3. The fourth-order valence-electron chi connectivity index (χ4n) is 2.24. The average molecular weight is 237 g/mol. The number of carbonyl (C=O) groups excluding carboxylic acids is 1. The number of hydrogen-bond donors (Lipinski definition) is 2. The van der Waals surface area contributed by atoms with Gasteiger partial charge in [-0.15, -0.1) is 0 Å². The topological polar surface area (TPSA) is 63.3 Å². The maximum atomic E-state index is 11.2. The van der Waals surface area contributed by atoms with Crippen LogP contribution in [0.3, 0.4) is 0 Å². The molecule has 0 aliphatic rings. The molecule has 0 atom stereocenters. The first-order chi connectivity index (χ1) is 8.66. The summed E-state index contributed by atoms with van der Waals surface area (Å²) in [4.78, 5) is 11.2. The molecule has 0 unspecified atom stereocenters. The van der Waals surface area contributed by atoms with Crippen LogP contribution in [0, 0.1) is 0 Å². The smallest absolute Gasteiger partial charge is 0.248 e. The number of amides is 1. The van der Waals surface area contributed by atoms with Crippen molar-refractivity contribution in [2.75, 3.05) is 0 Å². The Morgan fingerprint density at radius 2 is 1.72 bits per heavy atom. The van der Waals surface area contributed by atoms with Gasteiger partial charge in [0.15, 0.2) is 0 Å². The fourth-order valence-corrected chi connectivity index (χ4v) is 2.24. The lowest BCUT2D eigenvalue weighted by Gasteiger charge is -2.07. The molecular weight excluding hydrogens is 226 g/mol. The Balaban J connectivity index is 2.51. The first kappa shape index (κ1) is 10.6. The normalized spacial score (nSPS) is 10.9. The van der Waals surface area contributed by atoms with Crippen molar-refractivity contribution < 1.29 is 9.90 Å². The van der Waals surface area contributed by atoms with Crippen LogP contribution in [0.15, 0.2) is 48.5 Å². The number of phenols is 1. The zero-order chi connectivity index (χ0) is 12.7. The molecule has 0 aliphatic heterocycles. The summed E-state index contributed by atoms with van der Waals surface area (Å²) in [6.45, 7) is 0. The fraction of sp³-hybridized carbons (Fsp3) is 0. The van der Waals surface area contributed by atoms with Crippen LogP contribution in [0.5, 0.6) is 5.75 Å². The van der Waals surface area contributed by atoms with Crippen molar-refractivity contribution in [1.82, 2.24) is 0 Å². The molecule has 18 heavy (non-hydrogen) atoms. The lowest BCUT2D eigenvalue weighted by Crippen LogP contribution is -2.10. The average Bonchev–Trinajstić information content (AvgIpc) is 2.38. The van der Waals surface area contributed by atoms with Crippen molar-refractivity contribution in [3.63, 3.8) is 0 Å². The van der Waals surface area contributed by atoms with Crippen LogP contribution >= 0.6 is 0 Å². The van der Waals surface area contributed by atoms with Gasteiger partial charge in [-0.05, 0) is 28.3 Å². The third-order valence-electron chi connectivity index (χ3n) is 3.12. The van der Waals surface area contributed by atoms with Gasteiger partial charge in [0.05, 0.1) is 0 Å². The maximum Gasteiger partial charge on any atom is 0.248 e. The second-order valence-corrected chi connectivity index (χ2v) is 4.24. The quantitative estimate of drug-likeness (QED) is 0.639. The zero-order valence-corrected chi connectivity index (χ0v) is 9.55. The number of phenolic OH excluding ortho intramolecular Hbond substituents is 1. The summed E-state index contributed by atoms with van der Waals surface area (Å²) in [6.07, 6.45) is 0. The van der Waals surface area contributed by atoms with Crippen LogP contribution in [0.2, 0.25) is 0 Å². The minimum absolute atomic E-state index is 0.0760. The highest BCUT2D eigenvalue weighted by Gasteiger charge is 2.09. The number of primary amides is 1. The second-order valence-electron chi connectivity index (χ2n) is 4.24. The van der Waals surface area contributed by atoms with E-state index in [-0.39, 0.29) is 5.75 Å². The van der Waals surface area contributed by atoms with Crippen LogP contribution in [0.1, 0.15) is 10.4 Å². The van der Waals surface area contributed by atoms with Crippen molar-refractivity contribution in [1.29, 1.82) is 0 Å².